The Kier molecular flexibility index (Phi) is 38.1. The third-order valence-electron chi connectivity index (χ3n) is 8.99. The van der Waals surface area contributed by atoms with Gasteiger partial charge in [0.05, 0.1) is 0 Å². The van der Waals surface area contributed by atoms with Crippen molar-refractivity contribution in [1.82, 2.24) is 0 Å². The molecule has 282 valence electrons. The number of hydrogen-bond donors (Lipinski definition) is 1. The van der Waals surface area contributed by atoms with Gasteiger partial charge in [0.25, 0.3) is 0 Å². The Morgan fingerprint density at radius 2 is 0.837 bits per heavy atom. The number of carbonyl (C=O) groups excluding carboxylic acids is 1. The summed E-state index contributed by atoms with van der Waals surface area (Å²) in [5.41, 5.74) is 0. The molecule has 0 aromatic heterocycles. The topological polar surface area (TPSA) is 63.6 Å². The molecule has 0 radical (unpaired) electrons. The highest BCUT2D eigenvalue weighted by Gasteiger charge is 2.12. The average molecular weight is 683 g/mol. The van der Waals surface area contributed by atoms with Gasteiger partial charge < -0.3 is 9.84 Å². The quantitative estimate of drug-likeness (QED) is 0.0402. The van der Waals surface area contributed by atoms with Crippen molar-refractivity contribution in [3.8, 4) is 0 Å². The zero-order valence-corrected chi connectivity index (χ0v) is 32.2. The predicted octanol–water partition coefficient (Wildman–Crippen LogP) is 14.5. The molecule has 1 unspecified atom stereocenters. The number of carboxylic acids is 1. The SMILES string of the molecule is CC/C=C\C/C=C\C/C=C\C/C=C\C/C=C\C(CCCCC(=O)O)OC(=O)CCCCCCCCCCCCCCCCCCCCCC. The Bertz CT molecular complexity index is 865. The van der Waals surface area contributed by atoms with Crippen LogP contribution in [0.2, 0.25) is 0 Å². The Morgan fingerprint density at radius 1 is 0.469 bits per heavy atom. The van der Waals surface area contributed by atoms with E-state index in [-0.39, 0.29) is 18.5 Å². The minimum atomic E-state index is -0.775. The third kappa shape index (κ3) is 40.0. The summed E-state index contributed by atoms with van der Waals surface area (Å²) in [5, 5.41) is 8.94. The van der Waals surface area contributed by atoms with E-state index in [0.717, 1.165) is 51.4 Å². The Hall–Kier alpha value is -2.36. The van der Waals surface area contributed by atoms with Crippen LogP contribution in [-0.4, -0.2) is 23.1 Å². The molecule has 4 heteroatoms. The first kappa shape index (κ1) is 46.6. The van der Waals surface area contributed by atoms with Crippen molar-refractivity contribution in [3.63, 3.8) is 0 Å². The molecule has 0 aromatic rings. The highest BCUT2D eigenvalue weighted by atomic mass is 16.5. The first-order chi connectivity index (χ1) is 24.1. The van der Waals surface area contributed by atoms with Gasteiger partial charge >= 0.3 is 11.9 Å². The molecule has 1 N–H and O–H groups in total. The minimum absolute atomic E-state index is 0.133. The van der Waals surface area contributed by atoms with Gasteiger partial charge in [-0.05, 0) is 63.9 Å². The fourth-order valence-corrected chi connectivity index (χ4v) is 5.95. The molecule has 0 bridgehead atoms. The molecule has 0 saturated heterocycles. The highest BCUT2D eigenvalue weighted by molar-refractivity contribution is 5.69. The second-order valence-corrected chi connectivity index (χ2v) is 13.8. The number of aliphatic carboxylic acids is 1. The fourth-order valence-electron chi connectivity index (χ4n) is 5.95. The molecule has 0 amide bonds. The zero-order chi connectivity index (χ0) is 35.7. The number of carboxylic acid groups (broad SMARTS) is 1. The van der Waals surface area contributed by atoms with Crippen molar-refractivity contribution in [2.75, 3.05) is 0 Å². The molecule has 0 aliphatic carbocycles. The van der Waals surface area contributed by atoms with E-state index in [2.05, 4.69) is 68.5 Å². The van der Waals surface area contributed by atoms with Crippen LogP contribution in [0, 0.1) is 0 Å². The second kappa shape index (κ2) is 40.1. The molecule has 0 fully saturated rings. The molecular weight excluding hydrogens is 604 g/mol. The first-order valence-corrected chi connectivity index (χ1v) is 20.8. The number of unbranched alkanes of at least 4 members (excludes halogenated alkanes) is 20. The van der Waals surface area contributed by atoms with Crippen molar-refractivity contribution in [1.29, 1.82) is 0 Å². The first-order valence-electron chi connectivity index (χ1n) is 20.8. The van der Waals surface area contributed by atoms with Crippen LogP contribution in [0.5, 0.6) is 0 Å². The number of rotatable bonds is 37. The van der Waals surface area contributed by atoms with Gasteiger partial charge in [-0.2, -0.15) is 0 Å². The lowest BCUT2D eigenvalue weighted by Gasteiger charge is -2.14. The van der Waals surface area contributed by atoms with Crippen molar-refractivity contribution in [3.05, 3.63) is 60.8 Å². The van der Waals surface area contributed by atoms with Crippen LogP contribution in [0.4, 0.5) is 0 Å². The van der Waals surface area contributed by atoms with Gasteiger partial charge in [-0.1, -0.05) is 191 Å². The van der Waals surface area contributed by atoms with E-state index in [1.54, 1.807) is 0 Å². The molecule has 0 aromatic carbocycles. The van der Waals surface area contributed by atoms with Gasteiger partial charge in [0.15, 0.2) is 0 Å². The van der Waals surface area contributed by atoms with E-state index in [0.29, 0.717) is 19.3 Å². The van der Waals surface area contributed by atoms with Crippen LogP contribution in [0.3, 0.4) is 0 Å². The lowest BCUT2D eigenvalue weighted by atomic mass is 10.0. The molecule has 0 rings (SSSR count). The van der Waals surface area contributed by atoms with E-state index in [1.807, 2.05) is 6.08 Å². The maximum atomic E-state index is 12.6. The summed E-state index contributed by atoms with van der Waals surface area (Å²) in [6, 6.07) is 0. The molecule has 1 atom stereocenters. The van der Waals surface area contributed by atoms with Gasteiger partial charge in [0.2, 0.25) is 0 Å². The standard InChI is InChI=1S/C45H78O4/c1-3-5-7-9-11-13-15-17-19-20-21-22-23-24-26-28-30-32-34-36-42-45(48)49-43(40-37-38-41-44(46)47)39-35-33-31-29-27-25-18-16-14-12-10-8-6-4-2/h6,8,12,14,18,25,29,31,35,39,43H,3-5,7,9-11,13,15-17,19-24,26-28,30,32-34,36-38,40-42H2,1-2H3,(H,46,47)/b8-6-,14-12-,25-18-,31-29-,39-35-. The lowest BCUT2D eigenvalue weighted by Crippen LogP contribution is -2.16. The maximum absolute atomic E-state index is 12.6. The average Bonchev–Trinajstić information content (AvgIpc) is 3.09. The van der Waals surface area contributed by atoms with Gasteiger partial charge in [-0.3, -0.25) is 9.59 Å². The summed E-state index contributed by atoms with van der Waals surface area (Å²) in [7, 11) is 0. The molecule has 0 saturated carbocycles. The maximum Gasteiger partial charge on any atom is 0.306 e. The molecular formula is C45H78O4. The lowest BCUT2D eigenvalue weighted by molar-refractivity contribution is -0.147. The van der Waals surface area contributed by atoms with Crippen molar-refractivity contribution in [2.45, 2.75) is 213 Å². The Balaban J connectivity index is 3.95. The molecule has 4 nitrogen and oxygen atoms in total. The van der Waals surface area contributed by atoms with Crippen LogP contribution in [0.25, 0.3) is 0 Å². The molecule has 0 heterocycles. The molecule has 49 heavy (non-hydrogen) atoms. The number of carbonyl (C=O) groups is 2. The largest absolute Gasteiger partial charge is 0.481 e. The minimum Gasteiger partial charge on any atom is -0.481 e. The van der Waals surface area contributed by atoms with Crippen LogP contribution in [0.1, 0.15) is 206 Å². The van der Waals surface area contributed by atoms with Gasteiger partial charge in [-0.25, -0.2) is 0 Å². The van der Waals surface area contributed by atoms with Gasteiger partial charge in [0, 0.05) is 12.8 Å². The molecule has 0 aliphatic rings. The summed E-state index contributed by atoms with van der Waals surface area (Å²) in [5.74, 6) is -0.908. The van der Waals surface area contributed by atoms with Crippen LogP contribution < -0.4 is 0 Å². The third-order valence-corrected chi connectivity index (χ3v) is 8.99. The summed E-state index contributed by atoms with van der Waals surface area (Å²) in [4.78, 5) is 23.4. The van der Waals surface area contributed by atoms with Gasteiger partial charge in [0.1, 0.15) is 6.10 Å². The Morgan fingerprint density at radius 3 is 1.24 bits per heavy atom. The number of allylic oxidation sites excluding steroid dienone is 9. The number of hydrogen-bond acceptors (Lipinski definition) is 3. The van der Waals surface area contributed by atoms with Crippen molar-refractivity contribution in [2.24, 2.45) is 0 Å². The summed E-state index contributed by atoms with van der Waals surface area (Å²) in [6.45, 7) is 4.43. The summed E-state index contributed by atoms with van der Waals surface area (Å²) < 4.78 is 5.79. The zero-order valence-electron chi connectivity index (χ0n) is 32.2. The summed E-state index contributed by atoms with van der Waals surface area (Å²) >= 11 is 0. The van der Waals surface area contributed by atoms with E-state index < -0.39 is 5.97 Å². The Labute approximate surface area is 304 Å². The summed E-state index contributed by atoms with van der Waals surface area (Å²) in [6.07, 6.45) is 55.5. The predicted molar refractivity (Wildman–Crippen MR) is 213 cm³/mol. The fraction of sp³-hybridized carbons (Fsp3) is 0.733. The number of esters is 1. The highest BCUT2D eigenvalue weighted by Crippen LogP contribution is 2.16. The van der Waals surface area contributed by atoms with E-state index in [9.17, 15) is 9.59 Å². The van der Waals surface area contributed by atoms with E-state index in [4.69, 9.17) is 9.84 Å². The smallest absolute Gasteiger partial charge is 0.306 e. The van der Waals surface area contributed by atoms with Crippen molar-refractivity contribution < 1.29 is 19.4 Å². The van der Waals surface area contributed by atoms with Crippen molar-refractivity contribution >= 4 is 11.9 Å². The van der Waals surface area contributed by atoms with E-state index >= 15 is 0 Å². The normalized spacial score (nSPS) is 12.9. The second-order valence-electron chi connectivity index (χ2n) is 13.8. The van der Waals surface area contributed by atoms with Crippen LogP contribution in [0.15, 0.2) is 60.8 Å². The van der Waals surface area contributed by atoms with E-state index in [1.165, 1.54) is 116 Å². The van der Waals surface area contributed by atoms with Gasteiger partial charge in [-0.15, -0.1) is 0 Å². The number of ether oxygens (including phenoxy) is 1. The monoisotopic (exact) mass is 683 g/mol. The molecule has 0 spiro atoms. The molecule has 0 aliphatic heterocycles. The van der Waals surface area contributed by atoms with Crippen LogP contribution in [-0.2, 0) is 14.3 Å². The van der Waals surface area contributed by atoms with Crippen LogP contribution >= 0.6 is 0 Å².